The fraction of sp³-hybridized carbons (Fsp3) is 0.368. The number of halogens is 3. The molecular weight excluding hydrogens is 441 g/mol. The molecule has 3 rings (SSSR count). The lowest BCUT2D eigenvalue weighted by Gasteiger charge is -2.34. The van der Waals surface area contributed by atoms with Gasteiger partial charge >= 0.3 is 0 Å². The van der Waals surface area contributed by atoms with Crippen LogP contribution in [0.3, 0.4) is 0 Å². The lowest BCUT2D eigenvalue weighted by molar-refractivity contribution is 0.271. The largest absolute Gasteiger partial charge is 0.246 e. The number of sulfonamides is 2. The summed E-state index contributed by atoms with van der Waals surface area (Å²) in [6, 6.07) is 4.71. The summed E-state index contributed by atoms with van der Waals surface area (Å²) < 4.78 is 94.2. The molecule has 1 saturated heterocycles. The van der Waals surface area contributed by atoms with Gasteiger partial charge in [-0.2, -0.15) is 8.61 Å². The Kier molecular flexibility index (Phi) is 6.02. The van der Waals surface area contributed by atoms with Gasteiger partial charge in [-0.15, -0.1) is 0 Å². The Balaban J connectivity index is 1.85. The Morgan fingerprint density at radius 2 is 1.20 bits per heavy atom. The molecule has 2 aromatic rings. The van der Waals surface area contributed by atoms with Gasteiger partial charge in [0, 0.05) is 26.2 Å². The highest BCUT2D eigenvalue weighted by Crippen LogP contribution is 2.28. The van der Waals surface area contributed by atoms with Gasteiger partial charge in [0.05, 0.1) is 4.90 Å². The van der Waals surface area contributed by atoms with Crippen LogP contribution in [0.1, 0.15) is 16.7 Å². The van der Waals surface area contributed by atoms with E-state index in [1.807, 2.05) is 6.92 Å². The Morgan fingerprint density at radius 1 is 0.733 bits per heavy atom. The minimum Gasteiger partial charge on any atom is -0.207 e. The quantitative estimate of drug-likeness (QED) is 0.655. The lowest BCUT2D eigenvalue weighted by Crippen LogP contribution is -2.50. The van der Waals surface area contributed by atoms with Crippen molar-refractivity contribution in [1.82, 2.24) is 8.61 Å². The molecule has 1 fully saturated rings. The molecule has 0 atom stereocenters. The lowest BCUT2D eigenvalue weighted by atomic mass is 10.1. The molecule has 0 spiro atoms. The van der Waals surface area contributed by atoms with Gasteiger partial charge in [-0.1, -0.05) is 17.7 Å². The zero-order valence-corrected chi connectivity index (χ0v) is 18.2. The van der Waals surface area contributed by atoms with E-state index in [0.717, 1.165) is 9.87 Å². The summed E-state index contributed by atoms with van der Waals surface area (Å²) in [5, 5.41) is 0. The van der Waals surface area contributed by atoms with Gasteiger partial charge in [0.25, 0.3) is 0 Å². The molecule has 0 saturated carbocycles. The van der Waals surface area contributed by atoms with Crippen molar-refractivity contribution in [2.45, 2.75) is 30.6 Å². The second-order valence-corrected chi connectivity index (χ2v) is 11.0. The summed E-state index contributed by atoms with van der Waals surface area (Å²) in [5.74, 6) is -5.16. The average Bonchev–Trinajstić information content (AvgIpc) is 2.65. The maximum atomic E-state index is 14.0. The Hall–Kier alpha value is -1.95. The Bertz CT molecular complexity index is 1180. The Morgan fingerprint density at radius 3 is 1.70 bits per heavy atom. The normalized spacial score (nSPS) is 16.7. The van der Waals surface area contributed by atoms with Crippen LogP contribution in [0.4, 0.5) is 13.2 Å². The van der Waals surface area contributed by atoms with E-state index in [1.54, 1.807) is 26.0 Å². The molecule has 1 aliphatic heterocycles. The van der Waals surface area contributed by atoms with E-state index < -0.39 is 42.4 Å². The van der Waals surface area contributed by atoms with E-state index in [0.29, 0.717) is 23.3 Å². The van der Waals surface area contributed by atoms with Crippen LogP contribution in [0.25, 0.3) is 0 Å². The molecule has 30 heavy (non-hydrogen) atoms. The summed E-state index contributed by atoms with van der Waals surface area (Å²) in [7, 11) is -8.32. The van der Waals surface area contributed by atoms with Crippen molar-refractivity contribution >= 4 is 20.0 Å². The minimum atomic E-state index is -4.46. The molecular formula is C19H21F3N2O4S2. The smallest absolute Gasteiger partial charge is 0.207 e. The highest BCUT2D eigenvalue weighted by molar-refractivity contribution is 7.89. The van der Waals surface area contributed by atoms with Gasteiger partial charge in [-0.25, -0.2) is 30.0 Å². The van der Waals surface area contributed by atoms with Crippen molar-refractivity contribution in [3.05, 3.63) is 58.4 Å². The minimum absolute atomic E-state index is 0.153. The van der Waals surface area contributed by atoms with Crippen LogP contribution in [0.5, 0.6) is 0 Å². The first-order valence-corrected chi connectivity index (χ1v) is 12.0. The van der Waals surface area contributed by atoms with E-state index >= 15 is 0 Å². The molecule has 0 bridgehead atoms. The summed E-state index contributed by atoms with van der Waals surface area (Å²) in [4.78, 5) is -0.806. The fourth-order valence-corrected chi connectivity index (χ4v) is 7.01. The molecule has 2 aromatic carbocycles. The van der Waals surface area contributed by atoms with E-state index in [4.69, 9.17) is 0 Å². The maximum Gasteiger partial charge on any atom is 0.246 e. The first kappa shape index (κ1) is 22.7. The molecule has 0 amide bonds. The predicted molar refractivity (Wildman–Crippen MR) is 104 cm³/mol. The molecule has 1 heterocycles. The number of aryl methyl sites for hydroxylation is 3. The molecule has 0 aromatic heterocycles. The summed E-state index contributed by atoms with van der Waals surface area (Å²) in [6.07, 6.45) is 0. The Labute approximate surface area is 174 Å². The fourth-order valence-electron chi connectivity index (χ4n) is 3.70. The van der Waals surface area contributed by atoms with Crippen LogP contribution in [-0.4, -0.2) is 51.6 Å². The van der Waals surface area contributed by atoms with Crippen LogP contribution < -0.4 is 0 Å². The van der Waals surface area contributed by atoms with Gasteiger partial charge in [-0.3, -0.25) is 0 Å². The standard InChI is InChI=1S/C19H21F3N2O4S2/c1-12-10-13(2)19(14(3)11-12)30(27,28)24-8-6-23(7-9-24)29(25,26)16-5-4-15(20)17(21)18(16)22/h4-5,10-11H,6-9H2,1-3H3. The highest BCUT2D eigenvalue weighted by atomic mass is 32.2. The summed E-state index contributed by atoms with van der Waals surface area (Å²) in [5.41, 5.74) is 2.10. The van der Waals surface area contributed by atoms with Crippen LogP contribution in [-0.2, 0) is 20.0 Å². The highest BCUT2D eigenvalue weighted by Gasteiger charge is 2.36. The number of nitrogens with zero attached hydrogens (tertiary/aromatic N) is 2. The topological polar surface area (TPSA) is 74.8 Å². The zero-order valence-electron chi connectivity index (χ0n) is 16.6. The monoisotopic (exact) mass is 462 g/mol. The van der Waals surface area contributed by atoms with E-state index in [9.17, 15) is 30.0 Å². The van der Waals surface area contributed by atoms with Crippen LogP contribution in [0.15, 0.2) is 34.1 Å². The van der Waals surface area contributed by atoms with Gasteiger partial charge in [0.1, 0.15) is 4.90 Å². The van der Waals surface area contributed by atoms with Crippen molar-refractivity contribution in [2.24, 2.45) is 0 Å². The molecule has 164 valence electrons. The molecule has 0 N–H and O–H groups in total. The molecule has 6 nitrogen and oxygen atoms in total. The SMILES string of the molecule is Cc1cc(C)c(S(=O)(=O)N2CCN(S(=O)(=O)c3ccc(F)c(F)c3F)CC2)c(C)c1. The third-order valence-corrected chi connectivity index (χ3v) is 9.14. The van der Waals surface area contributed by atoms with E-state index in [1.165, 1.54) is 4.31 Å². The van der Waals surface area contributed by atoms with Crippen molar-refractivity contribution in [3.8, 4) is 0 Å². The second kappa shape index (κ2) is 7.95. The third-order valence-electron chi connectivity index (χ3n) is 5.02. The van der Waals surface area contributed by atoms with Gasteiger partial charge < -0.3 is 0 Å². The van der Waals surface area contributed by atoms with Crippen molar-refractivity contribution < 1.29 is 30.0 Å². The summed E-state index contributed by atoms with van der Waals surface area (Å²) >= 11 is 0. The molecule has 1 aliphatic rings. The van der Waals surface area contributed by atoms with Crippen molar-refractivity contribution in [3.63, 3.8) is 0 Å². The van der Waals surface area contributed by atoms with Gasteiger partial charge in [-0.05, 0) is 44.0 Å². The van der Waals surface area contributed by atoms with Crippen LogP contribution in [0.2, 0.25) is 0 Å². The van der Waals surface area contributed by atoms with Crippen LogP contribution in [0, 0.1) is 38.2 Å². The van der Waals surface area contributed by atoms with Gasteiger partial charge in [0.15, 0.2) is 17.5 Å². The number of hydrogen-bond acceptors (Lipinski definition) is 4. The maximum absolute atomic E-state index is 14.0. The van der Waals surface area contributed by atoms with E-state index in [2.05, 4.69) is 0 Å². The van der Waals surface area contributed by atoms with E-state index in [-0.39, 0.29) is 31.1 Å². The van der Waals surface area contributed by atoms with Crippen molar-refractivity contribution in [1.29, 1.82) is 0 Å². The molecule has 0 aliphatic carbocycles. The molecule has 0 radical (unpaired) electrons. The molecule has 0 unspecified atom stereocenters. The second-order valence-electron chi connectivity index (χ2n) is 7.21. The third kappa shape index (κ3) is 3.86. The number of piperazine rings is 1. The first-order valence-electron chi connectivity index (χ1n) is 9.09. The average molecular weight is 463 g/mol. The first-order chi connectivity index (χ1) is 13.9. The number of benzene rings is 2. The number of rotatable bonds is 4. The van der Waals surface area contributed by atoms with Crippen LogP contribution >= 0.6 is 0 Å². The molecule has 11 heteroatoms. The predicted octanol–water partition coefficient (Wildman–Crippen LogP) is 2.72. The van der Waals surface area contributed by atoms with Crippen molar-refractivity contribution in [2.75, 3.05) is 26.2 Å². The summed E-state index contributed by atoms with van der Waals surface area (Å²) in [6.45, 7) is 4.45. The zero-order chi connectivity index (χ0) is 22.4. The van der Waals surface area contributed by atoms with Gasteiger partial charge in [0.2, 0.25) is 20.0 Å². The number of hydrogen-bond donors (Lipinski definition) is 0.